The molecule has 73 heavy (non-hydrogen) atoms. The summed E-state index contributed by atoms with van der Waals surface area (Å²) in [6.07, 6.45) is 5.09. The van der Waals surface area contributed by atoms with E-state index in [0.29, 0.717) is 106 Å². The lowest BCUT2D eigenvalue weighted by Gasteiger charge is -2.39. The van der Waals surface area contributed by atoms with Gasteiger partial charge in [-0.15, -0.1) is 0 Å². The molecule has 11 rings (SSSR count). The molecule has 3 N–H and O–H groups in total. The quantitative estimate of drug-likeness (QED) is 0.149. The van der Waals surface area contributed by atoms with Crippen LogP contribution in [0.3, 0.4) is 0 Å². The summed E-state index contributed by atoms with van der Waals surface area (Å²) in [7, 11) is 0. The van der Waals surface area contributed by atoms with Crippen LogP contribution in [0.4, 0.5) is 20.3 Å². The molecule has 20 heteroatoms. The second kappa shape index (κ2) is 18.9. The molecule has 1 saturated carbocycles. The Labute approximate surface area is 419 Å². The number of aliphatic hydroxyl groups is 1. The number of hydrogen-bond donors (Lipinski definition) is 3. The van der Waals surface area contributed by atoms with E-state index >= 15 is 8.78 Å². The summed E-state index contributed by atoms with van der Waals surface area (Å²) < 4.78 is 38.7. The Bertz CT molecular complexity index is 3100. The second-order valence-electron chi connectivity index (χ2n) is 20.9. The fourth-order valence-corrected chi connectivity index (χ4v) is 11.4. The zero-order valence-corrected chi connectivity index (χ0v) is 41.0. The fourth-order valence-electron chi connectivity index (χ4n) is 11.4. The Morgan fingerprint density at radius 3 is 2.34 bits per heavy atom. The number of halogens is 2. The van der Waals surface area contributed by atoms with Gasteiger partial charge in [0.05, 0.1) is 35.3 Å². The lowest BCUT2D eigenvalue weighted by Crippen LogP contribution is -2.54. The second-order valence-corrected chi connectivity index (χ2v) is 20.9. The molecule has 7 heterocycles. The molecule has 2 aromatic heterocycles. The number of phenols is 1. The summed E-state index contributed by atoms with van der Waals surface area (Å²) in [6.45, 7) is 10.8. The number of pyridine rings is 1. The molecule has 0 bridgehead atoms. The van der Waals surface area contributed by atoms with Crippen molar-refractivity contribution in [1.29, 1.82) is 0 Å². The van der Waals surface area contributed by atoms with Gasteiger partial charge < -0.3 is 29.6 Å². The number of piperidine rings is 2. The van der Waals surface area contributed by atoms with Crippen LogP contribution in [0.5, 0.6) is 11.8 Å². The van der Waals surface area contributed by atoms with Crippen LogP contribution in [0.1, 0.15) is 78.7 Å². The molecular formula is C53H58F2N10O8. The number of fused-ring (bicyclic) bond motifs is 3. The lowest BCUT2D eigenvalue weighted by atomic mass is 9.94. The summed E-state index contributed by atoms with van der Waals surface area (Å²) in [5, 5.41) is 25.4. The molecule has 5 fully saturated rings. The highest BCUT2D eigenvalue weighted by molar-refractivity contribution is 6.23. The number of carbonyl (C=O) groups is 5. The van der Waals surface area contributed by atoms with Crippen LogP contribution in [-0.4, -0.2) is 171 Å². The van der Waals surface area contributed by atoms with Crippen LogP contribution in [0.2, 0.25) is 0 Å². The average Bonchev–Trinajstić information content (AvgIpc) is 4.10. The number of aromatic hydroxyl groups is 1. The predicted octanol–water partition coefficient (Wildman–Crippen LogP) is 4.27. The van der Waals surface area contributed by atoms with Crippen LogP contribution < -0.4 is 19.9 Å². The first-order valence-electron chi connectivity index (χ1n) is 25.3. The first kappa shape index (κ1) is 48.4. The van der Waals surface area contributed by atoms with Crippen molar-refractivity contribution in [2.24, 2.45) is 5.41 Å². The van der Waals surface area contributed by atoms with Gasteiger partial charge in [-0.05, 0) is 98.2 Å². The highest BCUT2D eigenvalue weighted by Gasteiger charge is 2.47. The third-order valence-corrected chi connectivity index (χ3v) is 15.6. The average molecular weight is 1000 g/mol. The molecule has 2 atom stereocenters. The van der Waals surface area contributed by atoms with E-state index in [0.717, 1.165) is 30.0 Å². The minimum Gasteiger partial charge on any atom is -0.508 e. The zero-order valence-electron chi connectivity index (χ0n) is 41.0. The van der Waals surface area contributed by atoms with Crippen LogP contribution in [0.15, 0.2) is 48.7 Å². The monoisotopic (exact) mass is 1000 g/mol. The number of aromatic nitrogens is 3. The van der Waals surface area contributed by atoms with Crippen molar-refractivity contribution in [1.82, 2.24) is 39.9 Å². The summed E-state index contributed by atoms with van der Waals surface area (Å²) in [6, 6.07) is 9.89. The van der Waals surface area contributed by atoms with Gasteiger partial charge in [-0.25, -0.2) is 8.78 Å². The van der Waals surface area contributed by atoms with Gasteiger partial charge in [0.15, 0.2) is 5.82 Å². The number of aryl methyl sites for hydroxylation is 1. The SMILES string of the molecule is CCc1c(F)ccc2cc(O)cc(-c3ncc4c(N5CCC[C@@](C)(O)C5)nc(OCC5(CN6CCN(C(=O)CN7CCN(c8ccc9c(c8)C(=O)N(C8CCC(=O)NC8=O)C9=O)CC7)CC6)CC5)nc4c3F)c12. The van der Waals surface area contributed by atoms with E-state index in [1.807, 2.05) is 16.7 Å². The first-order chi connectivity index (χ1) is 35.1. The van der Waals surface area contributed by atoms with Gasteiger partial charge >= 0.3 is 6.01 Å². The van der Waals surface area contributed by atoms with Crippen LogP contribution >= 0.6 is 0 Å². The predicted molar refractivity (Wildman–Crippen MR) is 265 cm³/mol. The largest absolute Gasteiger partial charge is 0.508 e. The van der Waals surface area contributed by atoms with Gasteiger partial charge in [0.2, 0.25) is 17.7 Å². The molecule has 5 amide bonds. The minimum absolute atomic E-state index is 0.00964. The van der Waals surface area contributed by atoms with E-state index in [1.54, 1.807) is 31.2 Å². The Morgan fingerprint density at radius 1 is 0.863 bits per heavy atom. The number of piperazine rings is 2. The van der Waals surface area contributed by atoms with Crippen LogP contribution in [0.25, 0.3) is 32.9 Å². The highest BCUT2D eigenvalue weighted by atomic mass is 19.1. The van der Waals surface area contributed by atoms with Crippen LogP contribution in [-0.2, 0) is 20.8 Å². The van der Waals surface area contributed by atoms with Gasteiger partial charge in [-0.1, -0.05) is 13.0 Å². The number of imide groups is 2. The topological polar surface area (TPSA) is 205 Å². The maximum Gasteiger partial charge on any atom is 0.319 e. The molecule has 5 aliphatic heterocycles. The van der Waals surface area contributed by atoms with E-state index < -0.39 is 46.9 Å². The standard InChI is InChI=1S/C53H58F2N10O8/c1-3-34-39(54)8-5-31-23-33(66)25-37(43(31)34)45-44(55)46-38(26-56-45)47(64-14-4-11-52(2,72)28-64)59-51(58-46)73-30-53(12-13-53)29-61-17-21-63(22-18-61)42(68)27-60-15-19-62(20-16-60)32-6-7-35-36(24-32)50(71)65(49(35)70)40-9-10-41(67)57-48(40)69/h5-8,23-26,40,66,72H,3-4,9-22,27-30H2,1-2H3,(H,57,67,69)/t40?,52-/m1/s1. The third kappa shape index (κ3) is 9.28. The highest BCUT2D eigenvalue weighted by Crippen LogP contribution is 2.47. The molecule has 0 spiro atoms. The normalized spacial score (nSPS) is 22.6. The van der Waals surface area contributed by atoms with E-state index in [-0.39, 0.29) is 83.5 Å². The molecule has 1 unspecified atom stereocenters. The first-order valence-corrected chi connectivity index (χ1v) is 25.3. The zero-order chi connectivity index (χ0) is 50.9. The summed E-state index contributed by atoms with van der Waals surface area (Å²) in [4.78, 5) is 89.8. The number of benzene rings is 3. The van der Waals surface area contributed by atoms with Crippen molar-refractivity contribution >= 4 is 62.7 Å². The number of carbonyl (C=O) groups excluding carboxylic acids is 5. The molecule has 1 aliphatic carbocycles. The number of anilines is 2. The lowest BCUT2D eigenvalue weighted by molar-refractivity contribution is -0.136. The van der Waals surface area contributed by atoms with Crippen LogP contribution in [0, 0.1) is 17.0 Å². The van der Waals surface area contributed by atoms with Gasteiger partial charge in [-0.3, -0.25) is 49.0 Å². The van der Waals surface area contributed by atoms with E-state index in [2.05, 4.69) is 30.0 Å². The third-order valence-electron chi connectivity index (χ3n) is 15.6. The maximum absolute atomic E-state index is 17.1. The number of phenolic OH excluding ortho intramolecular Hbond substituents is 1. The number of ether oxygens (including phenoxy) is 1. The molecule has 18 nitrogen and oxygen atoms in total. The van der Waals surface area contributed by atoms with E-state index in [4.69, 9.17) is 9.72 Å². The van der Waals surface area contributed by atoms with Gasteiger partial charge in [0.1, 0.15) is 34.6 Å². The Kier molecular flexibility index (Phi) is 12.5. The van der Waals surface area contributed by atoms with Crippen molar-refractivity contribution in [3.05, 3.63) is 77.0 Å². The molecule has 382 valence electrons. The molecule has 0 radical (unpaired) electrons. The van der Waals surface area contributed by atoms with Crippen molar-refractivity contribution in [2.45, 2.75) is 70.4 Å². The Balaban J connectivity index is 0.716. The van der Waals surface area contributed by atoms with Crippen molar-refractivity contribution < 1.29 is 47.7 Å². The smallest absolute Gasteiger partial charge is 0.319 e. The van der Waals surface area contributed by atoms with Gasteiger partial charge in [0, 0.05) is 101 Å². The van der Waals surface area contributed by atoms with Crippen molar-refractivity contribution in [3.63, 3.8) is 0 Å². The number of rotatable bonds is 12. The number of amides is 5. The minimum atomic E-state index is -1.03. The number of hydrogen-bond acceptors (Lipinski definition) is 15. The molecule has 4 saturated heterocycles. The number of β-amino-alcohol motifs (C(OH)–C–C–N with tert-alkyl or cyclic N) is 1. The van der Waals surface area contributed by atoms with E-state index in [9.17, 15) is 34.2 Å². The summed E-state index contributed by atoms with van der Waals surface area (Å²) in [5.74, 6) is -3.02. The summed E-state index contributed by atoms with van der Waals surface area (Å²) >= 11 is 0. The van der Waals surface area contributed by atoms with Gasteiger partial charge in [-0.2, -0.15) is 9.97 Å². The molecule has 6 aliphatic rings. The fraction of sp³-hybridized carbons (Fsp3) is 0.472. The summed E-state index contributed by atoms with van der Waals surface area (Å²) in [5.41, 5.74) is 0.551. The van der Waals surface area contributed by atoms with Crippen molar-refractivity contribution in [3.8, 4) is 23.0 Å². The maximum atomic E-state index is 17.1. The number of nitrogens with one attached hydrogen (secondary N) is 1. The van der Waals surface area contributed by atoms with Crippen molar-refractivity contribution in [2.75, 3.05) is 94.9 Å². The Morgan fingerprint density at radius 2 is 1.62 bits per heavy atom. The molecule has 3 aromatic carbocycles. The molecule has 5 aromatic rings. The Hall–Kier alpha value is -6.90. The molecular weight excluding hydrogens is 943 g/mol. The number of nitrogens with zero attached hydrogens (tertiary/aromatic N) is 9. The van der Waals surface area contributed by atoms with Gasteiger partial charge in [0.25, 0.3) is 11.8 Å². The van der Waals surface area contributed by atoms with E-state index in [1.165, 1.54) is 24.4 Å².